The fraction of sp³-hybridized carbons (Fsp3) is 0.235. The highest BCUT2D eigenvalue weighted by molar-refractivity contribution is 5.62. The Hall–Kier alpha value is -2.94. The molecule has 0 aliphatic carbocycles. The topological polar surface area (TPSA) is 79.0 Å². The van der Waals surface area contributed by atoms with E-state index < -0.39 is 4.92 Å². The predicted molar refractivity (Wildman–Crippen MR) is 85.4 cm³/mol. The van der Waals surface area contributed by atoms with Gasteiger partial charge in [-0.2, -0.15) is 5.26 Å². The molecule has 1 N–H and O–H groups in total. The van der Waals surface area contributed by atoms with E-state index in [-0.39, 0.29) is 29.0 Å². The quantitative estimate of drug-likeness (QED) is 0.655. The van der Waals surface area contributed by atoms with Crippen LogP contribution in [0.2, 0.25) is 0 Å². The summed E-state index contributed by atoms with van der Waals surface area (Å²) in [5.41, 5.74) is 1.46. The Bertz CT molecular complexity index is 751. The number of benzene rings is 2. The van der Waals surface area contributed by atoms with Crippen LogP contribution in [0.5, 0.6) is 0 Å². The molecule has 1 unspecified atom stereocenters. The zero-order valence-electron chi connectivity index (χ0n) is 12.8. The Labute approximate surface area is 133 Å². The first-order valence-electron chi connectivity index (χ1n) is 7.13. The molecular formula is C17H16FN3O2. The second-order valence-electron chi connectivity index (χ2n) is 5.52. The first-order valence-corrected chi connectivity index (χ1v) is 7.13. The van der Waals surface area contributed by atoms with Crippen LogP contribution in [0.4, 0.5) is 15.8 Å². The van der Waals surface area contributed by atoms with Crippen molar-refractivity contribution in [1.29, 1.82) is 5.26 Å². The Morgan fingerprint density at radius 3 is 2.39 bits per heavy atom. The fourth-order valence-electron chi connectivity index (χ4n) is 2.34. The Balaban J connectivity index is 2.36. The smallest absolute Gasteiger partial charge is 0.270 e. The van der Waals surface area contributed by atoms with Gasteiger partial charge in [0.15, 0.2) is 0 Å². The molecular weight excluding hydrogens is 297 g/mol. The van der Waals surface area contributed by atoms with E-state index in [0.717, 1.165) is 5.56 Å². The van der Waals surface area contributed by atoms with Crippen LogP contribution in [0.3, 0.4) is 0 Å². The summed E-state index contributed by atoms with van der Waals surface area (Å²) >= 11 is 0. The van der Waals surface area contributed by atoms with Crippen molar-refractivity contribution in [3.8, 4) is 6.07 Å². The third-order valence-electron chi connectivity index (χ3n) is 3.54. The van der Waals surface area contributed by atoms with E-state index in [1.54, 1.807) is 12.1 Å². The molecule has 5 nitrogen and oxygen atoms in total. The molecule has 2 aromatic rings. The molecule has 0 bridgehead atoms. The third kappa shape index (κ3) is 3.83. The zero-order valence-corrected chi connectivity index (χ0v) is 12.8. The predicted octanol–water partition coefficient (Wildman–Crippen LogP) is 4.41. The lowest BCUT2D eigenvalue weighted by Gasteiger charge is -2.24. The van der Waals surface area contributed by atoms with Crippen molar-refractivity contribution < 1.29 is 9.31 Å². The van der Waals surface area contributed by atoms with Gasteiger partial charge < -0.3 is 5.32 Å². The lowest BCUT2D eigenvalue weighted by atomic mass is 9.95. The molecule has 2 aromatic carbocycles. The number of nitrogens with one attached hydrogen (secondary N) is 1. The maximum absolute atomic E-state index is 13.1. The maximum Gasteiger partial charge on any atom is 0.270 e. The van der Waals surface area contributed by atoms with E-state index in [1.807, 2.05) is 19.9 Å². The second-order valence-corrected chi connectivity index (χ2v) is 5.52. The van der Waals surface area contributed by atoms with E-state index in [4.69, 9.17) is 0 Å². The van der Waals surface area contributed by atoms with Crippen LogP contribution in [0.15, 0.2) is 42.5 Å². The summed E-state index contributed by atoms with van der Waals surface area (Å²) in [5.74, 6) is -0.147. The maximum atomic E-state index is 13.1. The highest BCUT2D eigenvalue weighted by Crippen LogP contribution is 2.30. The summed E-state index contributed by atoms with van der Waals surface area (Å²) < 4.78 is 13.1. The van der Waals surface area contributed by atoms with Crippen molar-refractivity contribution in [3.63, 3.8) is 0 Å². The minimum Gasteiger partial charge on any atom is -0.377 e. The molecule has 0 saturated carbocycles. The van der Waals surface area contributed by atoms with Crippen LogP contribution in [-0.2, 0) is 0 Å². The van der Waals surface area contributed by atoms with Gasteiger partial charge in [0.2, 0.25) is 0 Å². The molecule has 23 heavy (non-hydrogen) atoms. The molecule has 0 saturated heterocycles. The van der Waals surface area contributed by atoms with Crippen LogP contribution in [0.1, 0.15) is 31.0 Å². The van der Waals surface area contributed by atoms with Crippen molar-refractivity contribution in [1.82, 2.24) is 0 Å². The molecule has 2 rings (SSSR count). The zero-order chi connectivity index (χ0) is 17.0. The van der Waals surface area contributed by atoms with Gasteiger partial charge in [-0.15, -0.1) is 0 Å². The summed E-state index contributed by atoms with van der Waals surface area (Å²) in [7, 11) is 0. The average molecular weight is 313 g/mol. The minimum atomic E-state index is -0.537. The van der Waals surface area contributed by atoms with Gasteiger partial charge in [-0.1, -0.05) is 26.0 Å². The number of nitro groups is 1. The van der Waals surface area contributed by atoms with E-state index in [0.29, 0.717) is 5.69 Å². The summed E-state index contributed by atoms with van der Waals surface area (Å²) in [5, 5.41) is 23.3. The SMILES string of the molecule is CC(C)C(Nc1ccc([N+](=O)[O-])cc1C#N)c1ccc(F)cc1. The Morgan fingerprint density at radius 2 is 1.87 bits per heavy atom. The van der Waals surface area contributed by atoms with E-state index >= 15 is 0 Å². The van der Waals surface area contributed by atoms with Gasteiger partial charge in [0, 0.05) is 12.1 Å². The molecule has 0 fully saturated rings. The van der Waals surface area contributed by atoms with E-state index in [9.17, 15) is 19.8 Å². The normalized spacial score (nSPS) is 11.8. The van der Waals surface area contributed by atoms with E-state index in [2.05, 4.69) is 5.32 Å². The summed E-state index contributed by atoms with van der Waals surface area (Å²) in [6.45, 7) is 4.00. The first kappa shape index (κ1) is 16.4. The number of halogens is 1. The fourth-order valence-corrected chi connectivity index (χ4v) is 2.34. The van der Waals surface area contributed by atoms with Crippen LogP contribution in [0.25, 0.3) is 0 Å². The van der Waals surface area contributed by atoms with Crippen molar-refractivity contribution >= 4 is 11.4 Å². The molecule has 0 aliphatic heterocycles. The number of non-ortho nitro benzene ring substituents is 1. The van der Waals surface area contributed by atoms with Gasteiger partial charge in [0.25, 0.3) is 5.69 Å². The first-order chi connectivity index (χ1) is 10.9. The Morgan fingerprint density at radius 1 is 1.22 bits per heavy atom. The highest BCUT2D eigenvalue weighted by Gasteiger charge is 2.18. The third-order valence-corrected chi connectivity index (χ3v) is 3.54. The number of hydrogen-bond donors (Lipinski definition) is 1. The number of nitriles is 1. The molecule has 118 valence electrons. The van der Waals surface area contributed by atoms with Crippen molar-refractivity contribution in [3.05, 3.63) is 69.5 Å². The van der Waals surface area contributed by atoms with Gasteiger partial charge in [-0.25, -0.2) is 4.39 Å². The van der Waals surface area contributed by atoms with Crippen LogP contribution < -0.4 is 5.32 Å². The largest absolute Gasteiger partial charge is 0.377 e. The van der Waals surface area contributed by atoms with Gasteiger partial charge in [0.05, 0.1) is 22.2 Å². The van der Waals surface area contributed by atoms with Gasteiger partial charge in [0.1, 0.15) is 11.9 Å². The molecule has 0 radical (unpaired) electrons. The minimum absolute atomic E-state index is 0.130. The monoisotopic (exact) mass is 313 g/mol. The summed E-state index contributed by atoms with van der Waals surface area (Å²) in [6, 6.07) is 12.1. The number of anilines is 1. The lowest BCUT2D eigenvalue weighted by molar-refractivity contribution is -0.384. The lowest BCUT2D eigenvalue weighted by Crippen LogP contribution is -2.17. The van der Waals surface area contributed by atoms with Gasteiger partial charge in [-0.05, 0) is 29.7 Å². The van der Waals surface area contributed by atoms with Crippen molar-refractivity contribution in [2.75, 3.05) is 5.32 Å². The highest BCUT2D eigenvalue weighted by atomic mass is 19.1. The standard InChI is InChI=1S/C17H16FN3O2/c1-11(2)17(12-3-5-14(18)6-4-12)20-16-8-7-15(21(22)23)9-13(16)10-19/h3-9,11,17,20H,1-2H3. The molecule has 0 amide bonds. The molecule has 0 aromatic heterocycles. The summed E-state index contributed by atoms with van der Waals surface area (Å²) in [6.07, 6.45) is 0. The average Bonchev–Trinajstić information content (AvgIpc) is 2.53. The van der Waals surface area contributed by atoms with Crippen molar-refractivity contribution in [2.45, 2.75) is 19.9 Å². The second kappa shape index (κ2) is 6.88. The number of nitro benzene ring substituents is 1. The van der Waals surface area contributed by atoms with Crippen LogP contribution >= 0.6 is 0 Å². The molecule has 0 aliphatic rings. The molecule has 0 spiro atoms. The molecule has 6 heteroatoms. The summed E-state index contributed by atoms with van der Waals surface area (Å²) in [4.78, 5) is 10.3. The van der Waals surface area contributed by atoms with E-state index in [1.165, 1.54) is 30.3 Å². The number of hydrogen-bond acceptors (Lipinski definition) is 4. The molecule has 1 atom stereocenters. The van der Waals surface area contributed by atoms with Gasteiger partial charge >= 0.3 is 0 Å². The molecule has 0 heterocycles. The van der Waals surface area contributed by atoms with Crippen LogP contribution in [0, 0.1) is 33.2 Å². The van der Waals surface area contributed by atoms with Crippen molar-refractivity contribution in [2.24, 2.45) is 5.92 Å². The van der Waals surface area contributed by atoms with Crippen LogP contribution in [-0.4, -0.2) is 4.92 Å². The number of rotatable bonds is 5. The number of nitrogens with zero attached hydrogens (tertiary/aromatic N) is 2. The van der Waals surface area contributed by atoms with Gasteiger partial charge in [-0.3, -0.25) is 10.1 Å². The Kier molecular flexibility index (Phi) is 4.91.